The fourth-order valence-corrected chi connectivity index (χ4v) is 2.41. The van der Waals surface area contributed by atoms with E-state index in [-0.39, 0.29) is 5.91 Å². The molecule has 4 nitrogen and oxygen atoms in total. The molecule has 0 radical (unpaired) electrons. The first-order valence-electron chi connectivity index (χ1n) is 6.52. The SMILES string of the molecule is Cc1cc(NCC2CCCNC2)ccc1C(N)=O. The van der Waals surface area contributed by atoms with Crippen LogP contribution in [0.2, 0.25) is 0 Å². The Balaban J connectivity index is 1.93. The average molecular weight is 247 g/mol. The standard InChI is InChI=1S/C14H21N3O/c1-10-7-12(4-5-13(10)14(15)18)17-9-11-3-2-6-16-8-11/h4-5,7,11,16-17H,2-3,6,8-9H2,1H3,(H2,15,18). The maximum absolute atomic E-state index is 11.1. The predicted octanol–water partition coefficient (Wildman–Crippen LogP) is 1.51. The number of carbonyl (C=O) groups excluding carboxylic acids is 1. The number of aryl methyl sites for hydroxylation is 1. The summed E-state index contributed by atoms with van der Waals surface area (Å²) in [7, 11) is 0. The van der Waals surface area contributed by atoms with Crippen molar-refractivity contribution in [3.63, 3.8) is 0 Å². The van der Waals surface area contributed by atoms with Crippen molar-refractivity contribution in [3.8, 4) is 0 Å². The summed E-state index contributed by atoms with van der Waals surface area (Å²) in [5.41, 5.74) is 7.87. The summed E-state index contributed by atoms with van der Waals surface area (Å²) in [5, 5.41) is 6.83. The first-order valence-corrected chi connectivity index (χ1v) is 6.52. The molecule has 1 amide bonds. The Hall–Kier alpha value is -1.55. The summed E-state index contributed by atoms with van der Waals surface area (Å²) in [6, 6.07) is 5.69. The van der Waals surface area contributed by atoms with Crippen LogP contribution in [0.15, 0.2) is 18.2 Å². The number of hydrogen-bond acceptors (Lipinski definition) is 3. The molecule has 4 heteroatoms. The number of primary amides is 1. The third kappa shape index (κ3) is 3.23. The monoisotopic (exact) mass is 247 g/mol. The highest BCUT2D eigenvalue weighted by Crippen LogP contribution is 2.16. The van der Waals surface area contributed by atoms with Crippen molar-refractivity contribution in [1.29, 1.82) is 0 Å². The lowest BCUT2D eigenvalue weighted by atomic mass is 9.99. The van der Waals surface area contributed by atoms with Crippen LogP contribution < -0.4 is 16.4 Å². The van der Waals surface area contributed by atoms with E-state index in [0.29, 0.717) is 11.5 Å². The van der Waals surface area contributed by atoms with Crippen molar-refractivity contribution in [3.05, 3.63) is 29.3 Å². The van der Waals surface area contributed by atoms with E-state index < -0.39 is 0 Å². The van der Waals surface area contributed by atoms with E-state index in [1.54, 1.807) is 6.07 Å². The van der Waals surface area contributed by atoms with Crippen LogP contribution in [0.3, 0.4) is 0 Å². The highest BCUT2D eigenvalue weighted by atomic mass is 16.1. The quantitative estimate of drug-likeness (QED) is 0.755. The minimum atomic E-state index is -0.365. The molecule has 0 spiro atoms. The van der Waals surface area contributed by atoms with Crippen molar-refractivity contribution >= 4 is 11.6 Å². The van der Waals surface area contributed by atoms with E-state index in [0.717, 1.165) is 30.9 Å². The van der Waals surface area contributed by atoms with Gasteiger partial charge in [0.1, 0.15) is 0 Å². The molecule has 1 aliphatic rings. The highest BCUT2D eigenvalue weighted by molar-refractivity contribution is 5.94. The van der Waals surface area contributed by atoms with Crippen LogP contribution in [-0.2, 0) is 0 Å². The van der Waals surface area contributed by atoms with E-state index in [9.17, 15) is 4.79 Å². The molecule has 1 fully saturated rings. The van der Waals surface area contributed by atoms with E-state index in [4.69, 9.17) is 5.73 Å². The van der Waals surface area contributed by atoms with Gasteiger partial charge >= 0.3 is 0 Å². The average Bonchev–Trinajstić information content (AvgIpc) is 2.37. The molecule has 1 aromatic carbocycles. The summed E-state index contributed by atoms with van der Waals surface area (Å²) >= 11 is 0. The number of nitrogens with two attached hydrogens (primary N) is 1. The maximum atomic E-state index is 11.1. The zero-order valence-electron chi connectivity index (χ0n) is 10.8. The van der Waals surface area contributed by atoms with E-state index in [1.807, 2.05) is 19.1 Å². The molecule has 0 aliphatic carbocycles. The normalized spacial score (nSPS) is 19.5. The second-order valence-electron chi connectivity index (χ2n) is 4.99. The fraction of sp³-hybridized carbons (Fsp3) is 0.500. The molecular formula is C14H21N3O. The molecule has 1 atom stereocenters. The number of hydrogen-bond donors (Lipinski definition) is 3. The second kappa shape index (κ2) is 5.87. The molecule has 1 aliphatic heterocycles. The summed E-state index contributed by atoms with van der Waals surface area (Å²) in [6.07, 6.45) is 2.53. The molecule has 1 heterocycles. The Bertz CT molecular complexity index is 425. The summed E-state index contributed by atoms with van der Waals surface area (Å²) < 4.78 is 0. The van der Waals surface area contributed by atoms with Crippen LogP contribution >= 0.6 is 0 Å². The zero-order chi connectivity index (χ0) is 13.0. The van der Waals surface area contributed by atoms with Gasteiger partial charge in [0, 0.05) is 17.8 Å². The first-order chi connectivity index (χ1) is 8.66. The van der Waals surface area contributed by atoms with Gasteiger partial charge in [-0.15, -0.1) is 0 Å². The Morgan fingerprint density at radius 1 is 1.56 bits per heavy atom. The van der Waals surface area contributed by atoms with Gasteiger partial charge in [0.05, 0.1) is 0 Å². The molecule has 0 aromatic heterocycles. The topological polar surface area (TPSA) is 67.2 Å². The number of amides is 1. The van der Waals surface area contributed by atoms with Gasteiger partial charge in [-0.2, -0.15) is 0 Å². The van der Waals surface area contributed by atoms with E-state index in [1.165, 1.54) is 12.8 Å². The summed E-state index contributed by atoms with van der Waals surface area (Å²) in [6.45, 7) is 5.12. The second-order valence-corrected chi connectivity index (χ2v) is 4.99. The smallest absolute Gasteiger partial charge is 0.248 e. The Morgan fingerprint density at radius 2 is 2.39 bits per heavy atom. The molecule has 0 saturated carbocycles. The van der Waals surface area contributed by atoms with Crippen LogP contribution in [-0.4, -0.2) is 25.5 Å². The van der Waals surface area contributed by atoms with Crippen LogP contribution in [0.5, 0.6) is 0 Å². The lowest BCUT2D eigenvalue weighted by Crippen LogP contribution is -2.33. The Kier molecular flexibility index (Phi) is 4.20. The maximum Gasteiger partial charge on any atom is 0.248 e. The molecule has 1 aromatic rings. The number of benzene rings is 1. The van der Waals surface area contributed by atoms with Crippen LogP contribution in [0, 0.1) is 12.8 Å². The Morgan fingerprint density at radius 3 is 3.00 bits per heavy atom. The number of rotatable bonds is 4. The van der Waals surface area contributed by atoms with E-state index >= 15 is 0 Å². The molecule has 98 valence electrons. The van der Waals surface area contributed by atoms with E-state index in [2.05, 4.69) is 10.6 Å². The fourth-order valence-electron chi connectivity index (χ4n) is 2.41. The van der Waals surface area contributed by atoms with Gasteiger partial charge in [0.15, 0.2) is 0 Å². The molecular weight excluding hydrogens is 226 g/mol. The number of anilines is 1. The van der Waals surface area contributed by atoms with Crippen molar-refractivity contribution in [2.24, 2.45) is 11.7 Å². The van der Waals surface area contributed by atoms with Gasteiger partial charge < -0.3 is 16.4 Å². The zero-order valence-corrected chi connectivity index (χ0v) is 10.8. The van der Waals surface area contributed by atoms with Gasteiger partial charge in [-0.1, -0.05) is 0 Å². The van der Waals surface area contributed by atoms with Crippen molar-refractivity contribution in [2.45, 2.75) is 19.8 Å². The molecule has 2 rings (SSSR count). The van der Waals surface area contributed by atoms with Crippen molar-refractivity contribution in [1.82, 2.24) is 5.32 Å². The third-order valence-electron chi connectivity index (χ3n) is 3.49. The minimum absolute atomic E-state index is 0.365. The van der Waals surface area contributed by atoms with Gasteiger partial charge in [-0.25, -0.2) is 0 Å². The first kappa shape index (κ1) is 12.9. The molecule has 1 saturated heterocycles. The highest BCUT2D eigenvalue weighted by Gasteiger charge is 2.12. The largest absolute Gasteiger partial charge is 0.385 e. The van der Waals surface area contributed by atoms with Gasteiger partial charge in [-0.05, 0) is 62.5 Å². The lowest BCUT2D eigenvalue weighted by molar-refractivity contribution is 0.1000. The molecule has 4 N–H and O–H groups in total. The minimum Gasteiger partial charge on any atom is -0.385 e. The Labute approximate surface area is 108 Å². The van der Waals surface area contributed by atoms with Gasteiger partial charge in [-0.3, -0.25) is 4.79 Å². The van der Waals surface area contributed by atoms with Crippen molar-refractivity contribution < 1.29 is 4.79 Å². The predicted molar refractivity (Wildman–Crippen MR) is 73.8 cm³/mol. The summed E-state index contributed by atoms with van der Waals surface area (Å²) in [5.74, 6) is 0.324. The van der Waals surface area contributed by atoms with Crippen LogP contribution in [0.1, 0.15) is 28.8 Å². The lowest BCUT2D eigenvalue weighted by Gasteiger charge is -2.23. The number of carbonyl (C=O) groups is 1. The number of piperidine rings is 1. The number of nitrogens with one attached hydrogen (secondary N) is 2. The van der Waals surface area contributed by atoms with Crippen LogP contribution in [0.4, 0.5) is 5.69 Å². The van der Waals surface area contributed by atoms with Gasteiger partial charge in [0.25, 0.3) is 0 Å². The molecule has 1 unspecified atom stereocenters. The third-order valence-corrected chi connectivity index (χ3v) is 3.49. The summed E-state index contributed by atoms with van der Waals surface area (Å²) in [4.78, 5) is 11.1. The molecule has 18 heavy (non-hydrogen) atoms. The van der Waals surface area contributed by atoms with Gasteiger partial charge in [0.2, 0.25) is 5.91 Å². The van der Waals surface area contributed by atoms with Crippen LogP contribution in [0.25, 0.3) is 0 Å². The molecule has 0 bridgehead atoms. The van der Waals surface area contributed by atoms with Crippen molar-refractivity contribution in [2.75, 3.05) is 25.0 Å².